The van der Waals surface area contributed by atoms with Crippen molar-refractivity contribution in [3.8, 4) is 11.5 Å². The molecule has 0 bridgehead atoms. The molecule has 8 nitrogen and oxygen atoms in total. The first-order valence-corrected chi connectivity index (χ1v) is 17.9. The fourth-order valence-corrected chi connectivity index (χ4v) is 8.01. The van der Waals surface area contributed by atoms with Crippen molar-refractivity contribution in [2.45, 2.75) is 79.1 Å². The molecule has 2 aliphatic carbocycles. The second-order valence-corrected chi connectivity index (χ2v) is 15.6. The van der Waals surface area contributed by atoms with Crippen molar-refractivity contribution in [2.24, 2.45) is 22.7 Å². The minimum atomic E-state index is -1.64. The van der Waals surface area contributed by atoms with Gasteiger partial charge in [-0.25, -0.2) is 19.2 Å². The van der Waals surface area contributed by atoms with Gasteiger partial charge in [0.2, 0.25) is 0 Å². The second kappa shape index (κ2) is 15.9. The fraction of sp³-hybridized carbons (Fsp3) is 0.529. The Morgan fingerprint density at radius 1 is 0.625 bits per heavy atom. The van der Waals surface area contributed by atoms with E-state index in [4.69, 9.17) is 88.6 Å². The van der Waals surface area contributed by atoms with Crippen LogP contribution in [0.15, 0.2) is 12.1 Å². The molecule has 0 aliphatic heterocycles. The van der Waals surface area contributed by atoms with E-state index in [1.54, 1.807) is 0 Å². The number of carbonyl (C=O) groups excluding carboxylic acids is 4. The first kappa shape index (κ1) is 38.9. The molecule has 2 saturated carbocycles. The topological polar surface area (TPSA) is 105 Å². The number of esters is 4. The molecule has 0 aromatic heterocycles. The Morgan fingerprint density at radius 3 is 1.27 bits per heavy atom. The van der Waals surface area contributed by atoms with E-state index in [0.29, 0.717) is 24.7 Å². The van der Waals surface area contributed by atoms with Crippen LogP contribution in [-0.2, 0) is 19.1 Å². The summed E-state index contributed by atoms with van der Waals surface area (Å²) in [5.41, 5.74) is -0.828. The zero-order chi connectivity index (χ0) is 35.6. The average Bonchev–Trinajstić information content (AvgIpc) is 2.99. The molecule has 2 fully saturated rings. The lowest BCUT2D eigenvalue weighted by Gasteiger charge is -2.45. The Bertz CT molecular complexity index is 1480. The Kier molecular flexibility index (Phi) is 12.9. The van der Waals surface area contributed by atoms with Crippen LogP contribution >= 0.6 is 69.6 Å². The number of rotatable bonds is 12. The highest BCUT2D eigenvalue weighted by atomic mass is 35.5. The molecule has 0 heterocycles. The fourth-order valence-electron chi connectivity index (χ4n) is 6.57. The second-order valence-electron chi connectivity index (χ2n) is 13.3. The zero-order valence-corrected chi connectivity index (χ0v) is 31.4. The Hall–Kier alpha value is -1.94. The van der Waals surface area contributed by atoms with Crippen LogP contribution in [0.5, 0.6) is 11.5 Å². The molecule has 0 radical (unpaired) electrons. The third-order valence-electron chi connectivity index (χ3n) is 9.38. The normalized spacial score (nSPS) is 23.0. The van der Waals surface area contributed by atoms with Crippen LogP contribution in [0.1, 0.15) is 99.8 Å². The summed E-state index contributed by atoms with van der Waals surface area (Å²) < 4.78 is 21.3. The minimum absolute atomic E-state index is 0.0416. The van der Waals surface area contributed by atoms with E-state index in [1.165, 1.54) is 0 Å². The quantitative estimate of drug-likeness (QED) is 0.0907. The predicted molar refractivity (Wildman–Crippen MR) is 186 cm³/mol. The molecule has 0 atom stereocenters. The van der Waals surface area contributed by atoms with Gasteiger partial charge in [-0.15, -0.1) is 0 Å². The van der Waals surface area contributed by atoms with Gasteiger partial charge in [0.05, 0.1) is 43.3 Å². The summed E-state index contributed by atoms with van der Waals surface area (Å²) in [4.78, 5) is 52.3. The maximum atomic E-state index is 13.2. The van der Waals surface area contributed by atoms with Crippen molar-refractivity contribution in [1.82, 2.24) is 0 Å². The molecule has 2 aromatic rings. The first-order chi connectivity index (χ1) is 22.5. The lowest BCUT2D eigenvalue weighted by molar-refractivity contribution is -0.156. The van der Waals surface area contributed by atoms with Gasteiger partial charge >= 0.3 is 23.9 Å². The Morgan fingerprint density at radius 2 is 0.958 bits per heavy atom. The van der Waals surface area contributed by atoms with Gasteiger partial charge in [0.1, 0.15) is 11.1 Å². The van der Waals surface area contributed by atoms with Gasteiger partial charge < -0.3 is 18.9 Å². The van der Waals surface area contributed by atoms with Crippen molar-refractivity contribution in [3.05, 3.63) is 53.4 Å². The van der Waals surface area contributed by atoms with Crippen molar-refractivity contribution in [2.75, 3.05) is 13.2 Å². The summed E-state index contributed by atoms with van der Waals surface area (Å²) in [5.74, 6) is -5.06. The van der Waals surface area contributed by atoms with E-state index in [9.17, 15) is 19.2 Å². The van der Waals surface area contributed by atoms with E-state index in [2.05, 4.69) is 27.7 Å². The largest absolute Gasteiger partial charge is 0.462 e. The number of ether oxygens (including phenoxy) is 4. The lowest BCUT2D eigenvalue weighted by atomic mass is 9.61. The number of hydrogen-bond acceptors (Lipinski definition) is 8. The molecule has 2 aliphatic rings. The molecule has 0 saturated heterocycles. The zero-order valence-electron chi connectivity index (χ0n) is 26.9. The summed E-state index contributed by atoms with van der Waals surface area (Å²) in [6.07, 6.45) is 7.49. The van der Waals surface area contributed by atoms with Crippen LogP contribution < -0.4 is 9.47 Å². The third-order valence-corrected chi connectivity index (χ3v) is 11.5. The summed E-state index contributed by atoms with van der Waals surface area (Å²) >= 11 is 37.5. The highest BCUT2D eigenvalue weighted by molar-refractivity contribution is 6.47. The van der Waals surface area contributed by atoms with Crippen LogP contribution in [0.25, 0.3) is 0 Å². The Labute approximate surface area is 309 Å². The SMILES string of the molecule is CCC1CC(C)(CCOC(=O)c2c(Cl)c(Cl)cc(Cl)c2OC(=O)C(=O)Oc2c(Cl)cc(Cl)c(Cl)c2C(=O)OCCC2(C)CC(CC)C2)C1. The van der Waals surface area contributed by atoms with Crippen LogP contribution in [0, 0.1) is 22.7 Å². The molecule has 262 valence electrons. The number of benzene rings is 2. The molecule has 0 N–H and O–H groups in total. The molecule has 14 heteroatoms. The third kappa shape index (κ3) is 8.85. The van der Waals surface area contributed by atoms with E-state index in [0.717, 1.165) is 50.7 Å². The van der Waals surface area contributed by atoms with Crippen molar-refractivity contribution < 1.29 is 38.1 Å². The van der Waals surface area contributed by atoms with Gasteiger partial charge in [-0.2, -0.15) is 0 Å². The van der Waals surface area contributed by atoms with Crippen LogP contribution in [0.3, 0.4) is 0 Å². The summed E-state index contributed by atoms with van der Waals surface area (Å²) in [6.45, 7) is 8.65. The van der Waals surface area contributed by atoms with Crippen LogP contribution in [0.4, 0.5) is 0 Å². The van der Waals surface area contributed by atoms with E-state index in [1.807, 2.05) is 0 Å². The van der Waals surface area contributed by atoms with Gasteiger partial charge in [-0.05, 0) is 73.3 Å². The van der Waals surface area contributed by atoms with Crippen molar-refractivity contribution in [1.29, 1.82) is 0 Å². The first-order valence-electron chi connectivity index (χ1n) is 15.6. The van der Waals surface area contributed by atoms with Crippen molar-refractivity contribution >= 4 is 93.5 Å². The molecule has 48 heavy (non-hydrogen) atoms. The monoisotopic (exact) mass is 782 g/mol. The van der Waals surface area contributed by atoms with Gasteiger partial charge in [0, 0.05) is 0 Å². The lowest BCUT2D eigenvalue weighted by Crippen LogP contribution is -2.35. The van der Waals surface area contributed by atoms with Gasteiger partial charge in [0.15, 0.2) is 11.5 Å². The summed E-state index contributed by atoms with van der Waals surface area (Å²) in [5, 5.41) is -1.46. The number of hydrogen-bond donors (Lipinski definition) is 0. The van der Waals surface area contributed by atoms with Crippen LogP contribution in [-0.4, -0.2) is 37.1 Å². The van der Waals surface area contributed by atoms with Gasteiger partial charge in [-0.1, -0.05) is 110 Å². The van der Waals surface area contributed by atoms with Crippen molar-refractivity contribution in [3.63, 3.8) is 0 Å². The molecular weight excluding hydrogens is 749 g/mol. The Balaban J connectivity index is 1.47. The van der Waals surface area contributed by atoms with Gasteiger partial charge in [0.25, 0.3) is 0 Å². The summed E-state index contributed by atoms with van der Waals surface area (Å²) in [6, 6.07) is 2.26. The maximum absolute atomic E-state index is 13.2. The smallest absolute Gasteiger partial charge is 0.423 e. The number of carbonyl (C=O) groups is 4. The summed E-state index contributed by atoms with van der Waals surface area (Å²) in [7, 11) is 0. The minimum Gasteiger partial charge on any atom is -0.462 e. The van der Waals surface area contributed by atoms with E-state index < -0.39 is 46.5 Å². The molecule has 4 rings (SSSR count). The van der Waals surface area contributed by atoms with E-state index in [-0.39, 0.29) is 54.2 Å². The molecule has 0 spiro atoms. The standard InChI is InChI=1S/C34H36Cl6O8/c1-5-17-13-33(3,14-17)7-9-45-29(41)23-25(39)19(35)11-21(37)27(23)47-31(43)32(44)48-28-22(38)12-20(36)26(40)24(28)30(42)46-10-8-34(4)15-18(6-2)16-34/h11-12,17-18H,5-10,13-16H2,1-4H3. The van der Waals surface area contributed by atoms with E-state index >= 15 is 0 Å². The van der Waals surface area contributed by atoms with Crippen LogP contribution in [0.2, 0.25) is 30.1 Å². The molecule has 2 aromatic carbocycles. The predicted octanol–water partition coefficient (Wildman–Crippen LogP) is 10.9. The molecular formula is C34H36Cl6O8. The average molecular weight is 785 g/mol. The highest BCUT2D eigenvalue weighted by Crippen LogP contribution is 2.50. The van der Waals surface area contributed by atoms with Gasteiger partial charge in [-0.3, -0.25) is 0 Å². The molecule has 0 unspecified atom stereocenters. The highest BCUT2D eigenvalue weighted by Gasteiger charge is 2.40. The number of halogens is 6. The molecule has 0 amide bonds. The maximum Gasteiger partial charge on any atom is 0.423 e.